The number of benzene rings is 1. The minimum atomic E-state index is -0.103. The van der Waals surface area contributed by atoms with Crippen LogP contribution in [0.5, 0.6) is 0 Å². The van der Waals surface area contributed by atoms with E-state index in [1.165, 1.54) is 6.92 Å². The highest BCUT2D eigenvalue weighted by Gasteiger charge is 2.41. The van der Waals surface area contributed by atoms with E-state index >= 15 is 0 Å². The van der Waals surface area contributed by atoms with E-state index in [1.54, 1.807) is 9.80 Å². The zero-order chi connectivity index (χ0) is 17.4. The number of rotatable bonds is 2. The topological polar surface area (TPSA) is 69.7 Å². The van der Waals surface area contributed by atoms with Crippen molar-refractivity contribution in [3.8, 4) is 0 Å². The fraction of sp³-hybridized carbons (Fsp3) is 0.500. The molecule has 24 heavy (non-hydrogen) atoms. The Bertz CT molecular complexity index is 701. The van der Waals surface area contributed by atoms with Crippen LogP contribution >= 0.6 is 0 Å². The van der Waals surface area contributed by atoms with Crippen molar-refractivity contribution in [3.63, 3.8) is 0 Å². The smallest absolute Gasteiger partial charge is 0.254 e. The summed E-state index contributed by atoms with van der Waals surface area (Å²) in [6.07, 6.45) is 0.696. The molecule has 6 nitrogen and oxygen atoms in total. The summed E-state index contributed by atoms with van der Waals surface area (Å²) in [4.78, 5) is 39.8. The van der Waals surface area contributed by atoms with Crippen molar-refractivity contribution >= 4 is 17.7 Å². The van der Waals surface area contributed by atoms with Gasteiger partial charge in [-0.1, -0.05) is 6.07 Å². The third kappa shape index (κ3) is 3.13. The number of hydrogen-bond donors (Lipinski definition) is 1. The quantitative estimate of drug-likeness (QED) is 0.875. The van der Waals surface area contributed by atoms with E-state index in [4.69, 9.17) is 0 Å². The predicted molar refractivity (Wildman–Crippen MR) is 89.5 cm³/mol. The standard InChI is InChI=1S/C18H23N3O3/c1-11-4-5-14(6-12(11)2)18(24)20-9-16-7-15(19-13(3)22)8-21(16)17(23)10-20/h4-6,15-16H,7-10H2,1-3H3,(H,19,22)/t15-,16-/m0/s1. The second-order valence-corrected chi connectivity index (χ2v) is 6.82. The first-order valence-corrected chi connectivity index (χ1v) is 8.28. The first-order chi connectivity index (χ1) is 11.3. The monoisotopic (exact) mass is 329 g/mol. The Morgan fingerprint density at radius 3 is 2.58 bits per heavy atom. The van der Waals surface area contributed by atoms with Crippen molar-refractivity contribution in [2.45, 2.75) is 39.3 Å². The van der Waals surface area contributed by atoms with Crippen molar-refractivity contribution in [1.29, 1.82) is 0 Å². The van der Waals surface area contributed by atoms with Crippen LogP contribution in [0.4, 0.5) is 0 Å². The second kappa shape index (κ2) is 6.26. The first kappa shape index (κ1) is 16.5. The molecule has 2 aliphatic rings. The molecular formula is C18H23N3O3. The molecule has 0 radical (unpaired) electrons. The van der Waals surface area contributed by atoms with Crippen LogP contribution in [0.3, 0.4) is 0 Å². The van der Waals surface area contributed by atoms with Gasteiger partial charge in [0.15, 0.2) is 0 Å². The molecular weight excluding hydrogens is 306 g/mol. The highest BCUT2D eigenvalue weighted by atomic mass is 16.2. The number of piperazine rings is 1. The molecule has 3 rings (SSSR count). The van der Waals surface area contributed by atoms with Crippen molar-refractivity contribution in [2.75, 3.05) is 19.6 Å². The molecule has 0 aromatic heterocycles. The average Bonchev–Trinajstić information content (AvgIpc) is 2.91. The van der Waals surface area contributed by atoms with E-state index in [2.05, 4.69) is 5.32 Å². The van der Waals surface area contributed by atoms with Gasteiger partial charge >= 0.3 is 0 Å². The molecule has 2 fully saturated rings. The molecule has 2 atom stereocenters. The summed E-state index contributed by atoms with van der Waals surface area (Å²) >= 11 is 0. The van der Waals surface area contributed by atoms with Gasteiger partial charge in [0.25, 0.3) is 5.91 Å². The SMILES string of the molecule is CC(=O)N[C@H]1C[C@H]2CN(C(=O)c3ccc(C)c(C)c3)CC(=O)N2C1. The summed E-state index contributed by atoms with van der Waals surface area (Å²) in [6.45, 7) is 6.63. The maximum Gasteiger partial charge on any atom is 0.254 e. The molecule has 3 amide bonds. The fourth-order valence-corrected chi connectivity index (χ4v) is 3.57. The number of fused-ring (bicyclic) bond motifs is 1. The lowest BCUT2D eigenvalue weighted by molar-refractivity contribution is -0.136. The van der Waals surface area contributed by atoms with Gasteiger partial charge in [0.05, 0.1) is 6.04 Å². The number of carbonyl (C=O) groups excluding carboxylic acids is 3. The molecule has 0 spiro atoms. The lowest BCUT2D eigenvalue weighted by atomic mass is 10.0. The summed E-state index contributed by atoms with van der Waals surface area (Å²) in [7, 11) is 0. The molecule has 0 saturated carbocycles. The summed E-state index contributed by atoms with van der Waals surface area (Å²) in [5, 5.41) is 2.87. The Kier molecular flexibility index (Phi) is 4.30. The van der Waals surface area contributed by atoms with Gasteiger partial charge in [0.1, 0.15) is 6.54 Å². The van der Waals surface area contributed by atoms with Gasteiger partial charge in [-0.25, -0.2) is 0 Å². The Morgan fingerprint density at radius 2 is 1.92 bits per heavy atom. The fourth-order valence-electron chi connectivity index (χ4n) is 3.57. The van der Waals surface area contributed by atoms with E-state index in [1.807, 2.05) is 32.0 Å². The maximum atomic E-state index is 12.7. The number of carbonyl (C=O) groups is 3. The van der Waals surface area contributed by atoms with Gasteiger partial charge in [-0.3, -0.25) is 14.4 Å². The molecule has 0 unspecified atom stereocenters. The average molecular weight is 329 g/mol. The molecule has 2 aliphatic heterocycles. The van der Waals surface area contributed by atoms with E-state index in [-0.39, 0.29) is 36.3 Å². The number of aryl methyl sites for hydroxylation is 2. The van der Waals surface area contributed by atoms with Crippen molar-refractivity contribution < 1.29 is 14.4 Å². The molecule has 2 heterocycles. The van der Waals surface area contributed by atoms with Crippen molar-refractivity contribution in [2.24, 2.45) is 0 Å². The lowest BCUT2D eigenvalue weighted by Crippen LogP contribution is -2.55. The number of nitrogens with one attached hydrogen (secondary N) is 1. The number of nitrogens with zero attached hydrogens (tertiary/aromatic N) is 2. The van der Waals surface area contributed by atoms with Crippen LogP contribution in [-0.2, 0) is 9.59 Å². The van der Waals surface area contributed by atoms with Gasteiger partial charge in [-0.05, 0) is 43.5 Å². The zero-order valence-electron chi connectivity index (χ0n) is 14.3. The minimum absolute atomic E-state index is 0.0152. The molecule has 1 aromatic carbocycles. The maximum absolute atomic E-state index is 12.7. The Morgan fingerprint density at radius 1 is 1.17 bits per heavy atom. The summed E-state index contributed by atoms with van der Waals surface area (Å²) < 4.78 is 0. The van der Waals surface area contributed by atoms with Gasteiger partial charge in [-0.2, -0.15) is 0 Å². The minimum Gasteiger partial charge on any atom is -0.352 e. The Hall–Kier alpha value is -2.37. The molecule has 0 aliphatic carbocycles. The van der Waals surface area contributed by atoms with Gasteiger partial charge in [-0.15, -0.1) is 0 Å². The Labute approximate surface area is 141 Å². The third-order valence-electron chi connectivity index (χ3n) is 4.94. The Balaban J connectivity index is 1.72. The van der Waals surface area contributed by atoms with Crippen LogP contribution < -0.4 is 5.32 Å². The molecule has 128 valence electrons. The van der Waals surface area contributed by atoms with Gasteiger partial charge in [0.2, 0.25) is 11.8 Å². The first-order valence-electron chi connectivity index (χ1n) is 8.28. The lowest BCUT2D eigenvalue weighted by Gasteiger charge is -2.37. The predicted octanol–water partition coefficient (Wildman–Crippen LogP) is 0.865. The second-order valence-electron chi connectivity index (χ2n) is 6.82. The van der Waals surface area contributed by atoms with E-state index < -0.39 is 0 Å². The highest BCUT2D eigenvalue weighted by molar-refractivity contribution is 5.97. The zero-order valence-corrected chi connectivity index (χ0v) is 14.3. The molecule has 2 saturated heterocycles. The van der Waals surface area contributed by atoms with Crippen LogP contribution in [0.2, 0.25) is 0 Å². The van der Waals surface area contributed by atoms with Crippen LogP contribution in [0.15, 0.2) is 18.2 Å². The van der Waals surface area contributed by atoms with E-state index in [0.29, 0.717) is 25.1 Å². The van der Waals surface area contributed by atoms with Crippen LogP contribution in [0, 0.1) is 13.8 Å². The summed E-state index contributed by atoms with van der Waals surface area (Å²) in [5.41, 5.74) is 2.83. The number of amides is 3. The number of hydrogen-bond acceptors (Lipinski definition) is 3. The summed E-state index contributed by atoms with van der Waals surface area (Å²) in [5.74, 6) is -0.235. The normalized spacial score (nSPS) is 23.2. The van der Waals surface area contributed by atoms with E-state index in [9.17, 15) is 14.4 Å². The van der Waals surface area contributed by atoms with E-state index in [0.717, 1.165) is 11.1 Å². The summed E-state index contributed by atoms with van der Waals surface area (Å²) in [6, 6.07) is 5.59. The van der Waals surface area contributed by atoms with Crippen LogP contribution in [0.1, 0.15) is 34.8 Å². The third-order valence-corrected chi connectivity index (χ3v) is 4.94. The molecule has 0 bridgehead atoms. The molecule has 1 aromatic rings. The van der Waals surface area contributed by atoms with Crippen LogP contribution in [0.25, 0.3) is 0 Å². The van der Waals surface area contributed by atoms with Crippen molar-refractivity contribution in [3.05, 3.63) is 34.9 Å². The van der Waals surface area contributed by atoms with Crippen LogP contribution in [-0.4, -0.2) is 59.2 Å². The highest BCUT2D eigenvalue weighted by Crippen LogP contribution is 2.24. The van der Waals surface area contributed by atoms with Gasteiger partial charge in [0, 0.05) is 31.6 Å². The molecule has 6 heteroatoms. The molecule has 1 N–H and O–H groups in total. The largest absolute Gasteiger partial charge is 0.352 e. The van der Waals surface area contributed by atoms with Gasteiger partial charge < -0.3 is 15.1 Å². The van der Waals surface area contributed by atoms with Crippen molar-refractivity contribution in [1.82, 2.24) is 15.1 Å².